The van der Waals surface area contributed by atoms with Gasteiger partial charge in [0.15, 0.2) is 0 Å². The molecule has 124 valence electrons. The Kier molecular flexibility index (Phi) is 4.03. The molecule has 2 heterocycles. The maximum Gasteiger partial charge on any atom is 0.240 e. The molecule has 0 atom stereocenters. The first-order chi connectivity index (χ1) is 12.2. The van der Waals surface area contributed by atoms with Crippen molar-refractivity contribution in [2.75, 3.05) is 0 Å². The summed E-state index contributed by atoms with van der Waals surface area (Å²) in [6, 6.07) is 12.0. The third kappa shape index (κ3) is 3.29. The molecule has 7 heteroatoms. The summed E-state index contributed by atoms with van der Waals surface area (Å²) in [6.07, 6.45) is 3.80. The van der Waals surface area contributed by atoms with Crippen LogP contribution in [0.4, 0.5) is 4.39 Å². The van der Waals surface area contributed by atoms with Crippen LogP contribution >= 0.6 is 11.6 Å². The first-order valence-electron chi connectivity index (χ1n) is 7.56. The highest BCUT2D eigenvalue weighted by atomic mass is 35.5. The largest absolute Gasteiger partial charge is 0.421 e. The van der Waals surface area contributed by atoms with Crippen molar-refractivity contribution in [3.8, 4) is 0 Å². The average Bonchev–Trinajstić information content (AvgIpc) is 3.22. The molecule has 4 aromatic rings. The van der Waals surface area contributed by atoms with E-state index in [4.69, 9.17) is 16.0 Å². The van der Waals surface area contributed by atoms with Gasteiger partial charge in [-0.15, -0.1) is 10.2 Å². The maximum absolute atomic E-state index is 13.0. The Hall–Kier alpha value is -2.99. The fourth-order valence-corrected chi connectivity index (χ4v) is 2.73. The van der Waals surface area contributed by atoms with Gasteiger partial charge in [-0.1, -0.05) is 35.9 Å². The third-order valence-electron chi connectivity index (χ3n) is 3.72. The molecule has 1 N–H and O–H groups in total. The minimum Gasteiger partial charge on any atom is -0.421 e. The number of aromatic amines is 1. The summed E-state index contributed by atoms with van der Waals surface area (Å²) in [4.78, 5) is 0. The van der Waals surface area contributed by atoms with Crippen LogP contribution in [0, 0.1) is 5.82 Å². The number of aromatic nitrogens is 4. The van der Waals surface area contributed by atoms with Crippen LogP contribution < -0.4 is 0 Å². The number of hydrogen-bond acceptors (Lipinski definition) is 4. The molecule has 25 heavy (non-hydrogen) atoms. The molecule has 0 saturated carbocycles. The lowest BCUT2D eigenvalue weighted by atomic mass is 10.2. The van der Waals surface area contributed by atoms with Crippen molar-refractivity contribution in [1.82, 2.24) is 20.4 Å². The van der Waals surface area contributed by atoms with Gasteiger partial charge in [-0.25, -0.2) is 4.39 Å². The second kappa shape index (κ2) is 6.49. The Morgan fingerprint density at radius 2 is 2.00 bits per heavy atom. The molecule has 0 fully saturated rings. The van der Waals surface area contributed by atoms with Crippen LogP contribution in [0.25, 0.3) is 23.1 Å². The van der Waals surface area contributed by atoms with Crippen LogP contribution in [0.15, 0.2) is 46.9 Å². The van der Waals surface area contributed by atoms with Gasteiger partial charge in [0.1, 0.15) is 5.82 Å². The van der Waals surface area contributed by atoms with Gasteiger partial charge >= 0.3 is 0 Å². The van der Waals surface area contributed by atoms with E-state index in [1.807, 2.05) is 24.3 Å². The highest BCUT2D eigenvalue weighted by molar-refractivity contribution is 6.32. The van der Waals surface area contributed by atoms with E-state index in [0.29, 0.717) is 28.8 Å². The van der Waals surface area contributed by atoms with Crippen molar-refractivity contribution in [1.29, 1.82) is 0 Å². The lowest BCUT2D eigenvalue weighted by molar-refractivity contribution is 0.495. The summed E-state index contributed by atoms with van der Waals surface area (Å²) < 4.78 is 18.7. The Morgan fingerprint density at radius 1 is 1.12 bits per heavy atom. The summed E-state index contributed by atoms with van der Waals surface area (Å²) in [5.41, 5.74) is 2.47. The summed E-state index contributed by atoms with van der Waals surface area (Å²) in [5, 5.41) is 16.6. The summed E-state index contributed by atoms with van der Waals surface area (Å²) in [7, 11) is 0. The number of nitrogens with one attached hydrogen (secondary N) is 1. The van der Waals surface area contributed by atoms with Gasteiger partial charge in [-0.2, -0.15) is 5.10 Å². The monoisotopic (exact) mass is 354 g/mol. The molecule has 0 aliphatic rings. The minimum absolute atomic E-state index is 0.319. The zero-order valence-electron chi connectivity index (χ0n) is 12.9. The first kappa shape index (κ1) is 15.5. The Balaban J connectivity index is 1.53. The van der Waals surface area contributed by atoms with Crippen molar-refractivity contribution >= 4 is 34.7 Å². The highest BCUT2D eigenvalue weighted by Crippen LogP contribution is 2.21. The van der Waals surface area contributed by atoms with Crippen molar-refractivity contribution in [3.63, 3.8) is 0 Å². The minimum atomic E-state index is -0.381. The number of para-hydroxylation sites is 1. The predicted molar refractivity (Wildman–Crippen MR) is 93.5 cm³/mol. The molecular weight excluding hydrogens is 343 g/mol. The molecule has 2 aromatic carbocycles. The van der Waals surface area contributed by atoms with Gasteiger partial charge in [-0.05, 0) is 29.8 Å². The molecule has 0 aliphatic heterocycles. The number of H-pyrrole nitrogens is 1. The van der Waals surface area contributed by atoms with Gasteiger partial charge < -0.3 is 4.42 Å². The van der Waals surface area contributed by atoms with E-state index in [9.17, 15) is 4.39 Å². The molecule has 0 spiro atoms. The van der Waals surface area contributed by atoms with E-state index in [-0.39, 0.29) is 5.82 Å². The number of benzene rings is 2. The summed E-state index contributed by atoms with van der Waals surface area (Å²) in [5.74, 6) is 0.437. The van der Waals surface area contributed by atoms with E-state index < -0.39 is 0 Å². The zero-order chi connectivity index (χ0) is 17.2. The molecule has 0 bridgehead atoms. The van der Waals surface area contributed by atoms with Gasteiger partial charge in [0.05, 0.1) is 22.7 Å². The van der Waals surface area contributed by atoms with Gasteiger partial charge in [0, 0.05) is 11.5 Å². The van der Waals surface area contributed by atoms with Crippen LogP contribution in [-0.2, 0) is 6.42 Å². The predicted octanol–water partition coefficient (Wildman–Crippen LogP) is 4.50. The highest BCUT2D eigenvalue weighted by Gasteiger charge is 2.10. The molecule has 0 amide bonds. The van der Waals surface area contributed by atoms with E-state index in [1.165, 1.54) is 12.1 Å². The van der Waals surface area contributed by atoms with E-state index in [1.54, 1.807) is 18.2 Å². The Labute approximate surface area is 147 Å². The molecule has 0 unspecified atom stereocenters. The molecule has 5 nitrogen and oxygen atoms in total. The smallest absolute Gasteiger partial charge is 0.240 e. The number of fused-ring (bicyclic) bond motifs is 1. The van der Waals surface area contributed by atoms with E-state index in [0.717, 1.165) is 16.6 Å². The normalized spacial score (nSPS) is 11.6. The number of hydrogen-bond donors (Lipinski definition) is 1. The topological polar surface area (TPSA) is 67.6 Å². The fraction of sp³-hybridized carbons (Fsp3) is 0.0556. The molecule has 4 rings (SSSR count). The lowest BCUT2D eigenvalue weighted by Gasteiger charge is -1.96. The Bertz CT molecular complexity index is 1070. The second-order valence-corrected chi connectivity index (χ2v) is 5.84. The van der Waals surface area contributed by atoms with Crippen LogP contribution in [0.5, 0.6) is 0 Å². The zero-order valence-corrected chi connectivity index (χ0v) is 13.7. The number of rotatable bonds is 4. The maximum atomic E-state index is 13.0. The fourth-order valence-electron chi connectivity index (χ4n) is 2.50. The Morgan fingerprint density at radius 3 is 2.88 bits per heavy atom. The summed E-state index contributed by atoms with van der Waals surface area (Å²) in [6.45, 7) is 0. The quantitative estimate of drug-likeness (QED) is 0.586. The molecule has 0 radical (unpaired) electrons. The molecule has 0 saturated heterocycles. The van der Waals surface area contributed by atoms with Crippen LogP contribution in [0.2, 0.25) is 5.02 Å². The number of nitrogens with zero attached hydrogens (tertiary/aromatic N) is 3. The molecule has 0 aliphatic carbocycles. The van der Waals surface area contributed by atoms with E-state index in [2.05, 4.69) is 20.4 Å². The van der Waals surface area contributed by atoms with Crippen molar-refractivity contribution in [3.05, 3.63) is 76.3 Å². The van der Waals surface area contributed by atoms with Crippen LogP contribution in [0.1, 0.15) is 23.0 Å². The molecule has 2 aromatic heterocycles. The first-order valence-corrected chi connectivity index (χ1v) is 7.94. The van der Waals surface area contributed by atoms with Gasteiger partial charge in [-0.3, -0.25) is 5.10 Å². The van der Waals surface area contributed by atoms with Crippen molar-refractivity contribution < 1.29 is 8.81 Å². The SMILES string of the molecule is Fc1ccc(/C=C/c2nnc(Cc3[nH]nc4ccccc34)o2)c(Cl)c1. The van der Waals surface area contributed by atoms with E-state index >= 15 is 0 Å². The van der Waals surface area contributed by atoms with Gasteiger partial charge in [0.25, 0.3) is 0 Å². The van der Waals surface area contributed by atoms with Crippen molar-refractivity contribution in [2.24, 2.45) is 0 Å². The second-order valence-electron chi connectivity index (χ2n) is 5.43. The number of halogens is 2. The summed E-state index contributed by atoms with van der Waals surface area (Å²) >= 11 is 5.98. The standard InChI is InChI=1S/C18H12ClFN4O/c19-14-9-12(20)7-5-11(14)6-8-17-23-24-18(25-17)10-16-13-3-1-2-4-15(13)21-22-16/h1-9H,10H2,(H,21,22)/b8-6+. The van der Waals surface area contributed by atoms with Crippen LogP contribution in [-0.4, -0.2) is 20.4 Å². The molecular formula is C18H12ClFN4O. The lowest BCUT2D eigenvalue weighted by Crippen LogP contribution is -1.89. The third-order valence-corrected chi connectivity index (χ3v) is 4.05. The van der Waals surface area contributed by atoms with Gasteiger partial charge in [0.2, 0.25) is 11.8 Å². The van der Waals surface area contributed by atoms with Crippen molar-refractivity contribution in [2.45, 2.75) is 6.42 Å². The van der Waals surface area contributed by atoms with Crippen LogP contribution in [0.3, 0.4) is 0 Å². The average molecular weight is 355 g/mol.